The topological polar surface area (TPSA) is 15.3 Å². The van der Waals surface area contributed by atoms with Gasteiger partial charge in [0, 0.05) is 18.1 Å². The van der Waals surface area contributed by atoms with E-state index in [1.54, 1.807) is 0 Å². The van der Waals surface area contributed by atoms with Crippen molar-refractivity contribution in [1.82, 2.24) is 10.2 Å². The second-order valence-corrected chi connectivity index (χ2v) is 4.51. The van der Waals surface area contributed by atoms with E-state index >= 15 is 0 Å². The Balaban J connectivity index is 0.000000461. The minimum absolute atomic E-state index is 0.611. The zero-order chi connectivity index (χ0) is 10.6. The molecule has 2 fully saturated rings. The second-order valence-electron chi connectivity index (χ2n) is 4.51. The van der Waals surface area contributed by atoms with Crippen LogP contribution in [-0.4, -0.2) is 36.1 Å². The van der Waals surface area contributed by atoms with Gasteiger partial charge in [0.05, 0.1) is 0 Å². The summed E-state index contributed by atoms with van der Waals surface area (Å²) in [6.07, 6.45) is 4.17. The molecule has 2 heterocycles. The fourth-order valence-electron chi connectivity index (χ4n) is 2.79. The van der Waals surface area contributed by atoms with Gasteiger partial charge < -0.3 is 5.32 Å². The zero-order valence-corrected chi connectivity index (χ0v) is 10.3. The smallest absolute Gasteiger partial charge is 0.0248 e. The first-order valence-corrected chi connectivity index (χ1v) is 6.22. The summed E-state index contributed by atoms with van der Waals surface area (Å²) in [6.45, 7) is 12.4. The van der Waals surface area contributed by atoms with Crippen LogP contribution in [0.2, 0.25) is 0 Å². The van der Waals surface area contributed by atoms with Crippen molar-refractivity contribution >= 4 is 0 Å². The molecule has 0 aromatic carbocycles. The van der Waals surface area contributed by atoms with Crippen LogP contribution in [0, 0.1) is 0 Å². The van der Waals surface area contributed by atoms with Gasteiger partial charge in [0.25, 0.3) is 0 Å². The van der Waals surface area contributed by atoms with Crippen molar-refractivity contribution in [2.45, 2.75) is 58.5 Å². The Kier molecular flexibility index (Phi) is 4.39. The van der Waals surface area contributed by atoms with Crippen molar-refractivity contribution < 1.29 is 0 Å². The van der Waals surface area contributed by atoms with E-state index in [2.05, 4.69) is 24.1 Å². The lowest BCUT2D eigenvalue weighted by Crippen LogP contribution is -2.65. The standard InChI is InChI=1S/C10H20N2.C2H6/c1-9(2)12-8-5-10(12)3-6-11-7-4-10;1-2/h9,11H,3-8H2,1-2H3;1-2H3. The van der Waals surface area contributed by atoms with E-state index in [1.807, 2.05) is 13.8 Å². The average Bonchev–Trinajstić information content (AvgIpc) is 2.20. The van der Waals surface area contributed by atoms with Crippen molar-refractivity contribution in [3.8, 4) is 0 Å². The molecule has 2 nitrogen and oxygen atoms in total. The lowest BCUT2D eigenvalue weighted by molar-refractivity contribution is -0.0595. The van der Waals surface area contributed by atoms with Crippen LogP contribution in [0.1, 0.15) is 47.0 Å². The van der Waals surface area contributed by atoms with E-state index in [-0.39, 0.29) is 0 Å². The molecule has 2 heteroatoms. The Labute approximate surface area is 89.1 Å². The Hall–Kier alpha value is -0.0800. The summed E-state index contributed by atoms with van der Waals surface area (Å²) in [5, 5.41) is 3.44. The molecular weight excluding hydrogens is 172 g/mol. The first-order chi connectivity index (χ1) is 6.75. The van der Waals surface area contributed by atoms with Gasteiger partial charge in [-0.3, -0.25) is 4.90 Å². The summed E-state index contributed by atoms with van der Waals surface area (Å²) >= 11 is 0. The second kappa shape index (κ2) is 5.13. The number of likely N-dealkylation sites (tertiary alicyclic amines) is 1. The van der Waals surface area contributed by atoms with E-state index in [1.165, 1.54) is 38.9 Å². The fraction of sp³-hybridized carbons (Fsp3) is 1.00. The summed E-state index contributed by atoms with van der Waals surface area (Å²) in [7, 11) is 0. The third-order valence-corrected chi connectivity index (χ3v) is 3.58. The van der Waals surface area contributed by atoms with Gasteiger partial charge in [0.2, 0.25) is 0 Å². The van der Waals surface area contributed by atoms with Gasteiger partial charge in [-0.25, -0.2) is 0 Å². The predicted octanol–water partition coefficient (Wildman–Crippen LogP) is 2.25. The summed E-state index contributed by atoms with van der Waals surface area (Å²) < 4.78 is 0. The number of nitrogens with zero attached hydrogens (tertiary/aromatic N) is 1. The average molecular weight is 198 g/mol. The normalized spacial score (nSPS) is 25.5. The maximum Gasteiger partial charge on any atom is 0.0248 e. The van der Waals surface area contributed by atoms with Gasteiger partial charge >= 0.3 is 0 Å². The SMILES string of the molecule is CC.CC(C)N1CCC12CCNCC2. The molecule has 0 unspecified atom stereocenters. The number of nitrogens with one attached hydrogen (secondary N) is 1. The molecule has 2 rings (SSSR count). The summed E-state index contributed by atoms with van der Waals surface area (Å²) in [4.78, 5) is 2.69. The first kappa shape index (κ1) is 12.0. The molecule has 0 bridgehead atoms. The van der Waals surface area contributed by atoms with E-state index in [9.17, 15) is 0 Å². The lowest BCUT2D eigenvalue weighted by Gasteiger charge is -2.57. The molecule has 0 saturated carbocycles. The molecule has 0 radical (unpaired) electrons. The van der Waals surface area contributed by atoms with Crippen LogP contribution in [0.15, 0.2) is 0 Å². The van der Waals surface area contributed by atoms with Gasteiger partial charge in [0.1, 0.15) is 0 Å². The predicted molar refractivity (Wildman–Crippen MR) is 62.6 cm³/mol. The molecular formula is C12H26N2. The molecule has 84 valence electrons. The van der Waals surface area contributed by atoms with Gasteiger partial charge in [-0.05, 0) is 46.2 Å². The number of piperidine rings is 1. The van der Waals surface area contributed by atoms with Gasteiger partial charge in [-0.15, -0.1) is 0 Å². The molecule has 2 saturated heterocycles. The molecule has 0 amide bonds. The third-order valence-electron chi connectivity index (χ3n) is 3.58. The maximum atomic E-state index is 3.44. The first-order valence-electron chi connectivity index (χ1n) is 6.22. The van der Waals surface area contributed by atoms with Gasteiger partial charge in [0.15, 0.2) is 0 Å². The summed E-state index contributed by atoms with van der Waals surface area (Å²) in [5.74, 6) is 0. The molecule has 0 aliphatic carbocycles. The highest BCUT2D eigenvalue weighted by Gasteiger charge is 2.45. The Bertz CT molecular complexity index is 160. The van der Waals surface area contributed by atoms with Crippen molar-refractivity contribution in [2.75, 3.05) is 19.6 Å². The lowest BCUT2D eigenvalue weighted by atomic mass is 9.76. The molecule has 0 aromatic rings. The van der Waals surface area contributed by atoms with E-state index in [0.29, 0.717) is 5.54 Å². The highest BCUT2D eigenvalue weighted by atomic mass is 15.3. The van der Waals surface area contributed by atoms with Crippen LogP contribution >= 0.6 is 0 Å². The highest BCUT2D eigenvalue weighted by Crippen LogP contribution is 2.39. The quantitative estimate of drug-likeness (QED) is 0.695. The van der Waals surface area contributed by atoms with Crippen molar-refractivity contribution in [2.24, 2.45) is 0 Å². The van der Waals surface area contributed by atoms with Crippen molar-refractivity contribution in [1.29, 1.82) is 0 Å². The van der Waals surface area contributed by atoms with E-state index in [4.69, 9.17) is 0 Å². The summed E-state index contributed by atoms with van der Waals surface area (Å²) in [6, 6.07) is 0.747. The number of rotatable bonds is 1. The largest absolute Gasteiger partial charge is 0.317 e. The molecule has 2 aliphatic heterocycles. The van der Waals surface area contributed by atoms with Crippen LogP contribution in [-0.2, 0) is 0 Å². The molecule has 0 aromatic heterocycles. The molecule has 0 atom stereocenters. The molecule has 14 heavy (non-hydrogen) atoms. The van der Waals surface area contributed by atoms with Crippen LogP contribution < -0.4 is 5.32 Å². The summed E-state index contributed by atoms with van der Waals surface area (Å²) in [5.41, 5.74) is 0.611. The third kappa shape index (κ3) is 2.12. The Morgan fingerprint density at radius 1 is 1.07 bits per heavy atom. The minimum Gasteiger partial charge on any atom is -0.317 e. The van der Waals surface area contributed by atoms with E-state index < -0.39 is 0 Å². The molecule has 1 spiro atoms. The van der Waals surface area contributed by atoms with Gasteiger partial charge in [-0.2, -0.15) is 0 Å². The van der Waals surface area contributed by atoms with Gasteiger partial charge in [-0.1, -0.05) is 13.8 Å². The van der Waals surface area contributed by atoms with Crippen LogP contribution in [0.4, 0.5) is 0 Å². The maximum absolute atomic E-state index is 3.44. The zero-order valence-electron chi connectivity index (χ0n) is 10.3. The fourth-order valence-corrected chi connectivity index (χ4v) is 2.79. The Morgan fingerprint density at radius 3 is 2.00 bits per heavy atom. The van der Waals surface area contributed by atoms with Crippen LogP contribution in [0.3, 0.4) is 0 Å². The van der Waals surface area contributed by atoms with Crippen LogP contribution in [0.5, 0.6) is 0 Å². The monoisotopic (exact) mass is 198 g/mol. The van der Waals surface area contributed by atoms with E-state index in [0.717, 1.165) is 6.04 Å². The molecule has 2 aliphatic rings. The Morgan fingerprint density at radius 2 is 1.64 bits per heavy atom. The number of hydrogen-bond acceptors (Lipinski definition) is 2. The van der Waals surface area contributed by atoms with Crippen LogP contribution in [0.25, 0.3) is 0 Å². The van der Waals surface area contributed by atoms with Crippen molar-refractivity contribution in [3.05, 3.63) is 0 Å². The molecule has 1 N–H and O–H groups in total. The number of hydrogen-bond donors (Lipinski definition) is 1. The minimum atomic E-state index is 0.611. The van der Waals surface area contributed by atoms with Crippen molar-refractivity contribution in [3.63, 3.8) is 0 Å². The highest BCUT2D eigenvalue weighted by molar-refractivity contribution is 5.03.